The number of aryl methyl sites for hydroxylation is 1. The van der Waals surface area contributed by atoms with E-state index in [9.17, 15) is 4.79 Å². The van der Waals surface area contributed by atoms with Crippen LogP contribution in [0, 0.1) is 18.8 Å². The third kappa shape index (κ3) is 3.52. The highest BCUT2D eigenvalue weighted by Crippen LogP contribution is 2.33. The van der Waals surface area contributed by atoms with Crippen LogP contribution < -0.4 is 4.74 Å². The van der Waals surface area contributed by atoms with Crippen LogP contribution in [0.25, 0.3) is 0 Å². The lowest BCUT2D eigenvalue weighted by molar-refractivity contribution is -0.130. The molecule has 1 aliphatic heterocycles. The molecule has 118 valence electrons. The molecule has 1 aromatic rings. The quantitative estimate of drug-likeness (QED) is 0.614. The molecule has 0 N–H and O–H groups in total. The molecular formula is C19H25NO2. The predicted octanol–water partition coefficient (Wildman–Crippen LogP) is 3.58. The highest BCUT2D eigenvalue weighted by molar-refractivity contribution is 5.76. The number of allylic oxidation sites excluding steroid dienone is 2. The first kappa shape index (κ1) is 15.1. The fourth-order valence-corrected chi connectivity index (χ4v) is 3.50. The number of nitrogens with zero attached hydrogens (tertiary/aromatic N) is 1. The number of fused-ring (bicyclic) bond motifs is 1. The summed E-state index contributed by atoms with van der Waals surface area (Å²) in [6.07, 6.45) is 8.21. The van der Waals surface area contributed by atoms with Crippen molar-refractivity contribution in [1.29, 1.82) is 0 Å². The summed E-state index contributed by atoms with van der Waals surface area (Å²) in [5, 5.41) is 0. The van der Waals surface area contributed by atoms with Crippen LogP contribution in [0.1, 0.15) is 31.2 Å². The van der Waals surface area contributed by atoms with E-state index in [4.69, 9.17) is 4.74 Å². The molecule has 1 heterocycles. The Balaban J connectivity index is 1.39. The number of hydrogen-bond acceptors (Lipinski definition) is 2. The number of benzene rings is 1. The molecule has 3 nitrogen and oxygen atoms in total. The molecule has 0 spiro atoms. The normalized spacial score (nSPS) is 23.4. The van der Waals surface area contributed by atoms with Crippen molar-refractivity contribution in [3.8, 4) is 5.75 Å². The number of ether oxygens (including phenoxy) is 1. The monoisotopic (exact) mass is 299 g/mol. The Bertz CT molecular complexity index is 536. The third-order valence-electron chi connectivity index (χ3n) is 4.86. The molecule has 3 rings (SSSR count). The topological polar surface area (TPSA) is 29.5 Å². The van der Waals surface area contributed by atoms with Gasteiger partial charge in [0.1, 0.15) is 5.75 Å². The molecule has 0 saturated carbocycles. The van der Waals surface area contributed by atoms with Crippen LogP contribution in [0.4, 0.5) is 0 Å². The first-order valence-electron chi connectivity index (χ1n) is 8.35. The van der Waals surface area contributed by atoms with Crippen molar-refractivity contribution in [3.05, 3.63) is 42.0 Å². The van der Waals surface area contributed by atoms with Crippen LogP contribution >= 0.6 is 0 Å². The van der Waals surface area contributed by atoms with Gasteiger partial charge < -0.3 is 9.64 Å². The summed E-state index contributed by atoms with van der Waals surface area (Å²) in [5.41, 5.74) is 1.14. The maximum atomic E-state index is 12.3. The second kappa shape index (κ2) is 6.99. The summed E-state index contributed by atoms with van der Waals surface area (Å²) in [5.74, 6) is 2.60. The van der Waals surface area contributed by atoms with E-state index in [1.807, 2.05) is 31.2 Å². The van der Waals surface area contributed by atoms with Crippen molar-refractivity contribution < 1.29 is 9.53 Å². The molecule has 3 heteroatoms. The second-order valence-electron chi connectivity index (χ2n) is 6.48. The summed E-state index contributed by atoms with van der Waals surface area (Å²) in [7, 11) is 0. The molecule has 22 heavy (non-hydrogen) atoms. The lowest BCUT2D eigenvalue weighted by Gasteiger charge is -2.17. The van der Waals surface area contributed by atoms with Crippen LogP contribution in [0.3, 0.4) is 0 Å². The molecular weight excluding hydrogens is 274 g/mol. The van der Waals surface area contributed by atoms with Crippen LogP contribution in [-0.2, 0) is 4.79 Å². The molecule has 1 aliphatic carbocycles. The molecule has 0 bridgehead atoms. The Morgan fingerprint density at radius 2 is 1.86 bits per heavy atom. The molecule has 1 saturated heterocycles. The molecule has 2 atom stereocenters. The highest BCUT2D eigenvalue weighted by Gasteiger charge is 2.34. The van der Waals surface area contributed by atoms with Crippen molar-refractivity contribution in [3.63, 3.8) is 0 Å². The van der Waals surface area contributed by atoms with E-state index < -0.39 is 0 Å². The van der Waals surface area contributed by atoms with Crippen molar-refractivity contribution in [2.45, 2.75) is 32.6 Å². The molecule has 2 aliphatic rings. The minimum Gasteiger partial charge on any atom is -0.493 e. The van der Waals surface area contributed by atoms with Crippen LogP contribution in [-0.4, -0.2) is 30.5 Å². The Morgan fingerprint density at radius 3 is 2.55 bits per heavy atom. The number of likely N-dealkylation sites (tertiary alicyclic amines) is 1. The van der Waals surface area contributed by atoms with Crippen LogP contribution in [0.15, 0.2) is 36.4 Å². The van der Waals surface area contributed by atoms with E-state index in [1.54, 1.807) is 0 Å². The number of hydrogen-bond donors (Lipinski definition) is 0. The van der Waals surface area contributed by atoms with Gasteiger partial charge in [0.05, 0.1) is 6.61 Å². The van der Waals surface area contributed by atoms with Gasteiger partial charge in [0.25, 0.3) is 0 Å². The zero-order chi connectivity index (χ0) is 15.4. The number of rotatable bonds is 5. The van der Waals surface area contributed by atoms with E-state index in [-0.39, 0.29) is 0 Å². The van der Waals surface area contributed by atoms with Gasteiger partial charge in [-0.15, -0.1) is 0 Å². The minimum atomic E-state index is 0.294. The van der Waals surface area contributed by atoms with Gasteiger partial charge in [0, 0.05) is 19.5 Å². The number of carbonyl (C=O) groups excluding carboxylic acids is 1. The van der Waals surface area contributed by atoms with Gasteiger partial charge in [-0.25, -0.2) is 0 Å². The van der Waals surface area contributed by atoms with E-state index in [2.05, 4.69) is 17.1 Å². The fourth-order valence-electron chi connectivity index (χ4n) is 3.50. The smallest absolute Gasteiger partial charge is 0.222 e. The van der Waals surface area contributed by atoms with Gasteiger partial charge in [0.15, 0.2) is 0 Å². The van der Waals surface area contributed by atoms with Crippen molar-refractivity contribution in [1.82, 2.24) is 4.90 Å². The zero-order valence-corrected chi connectivity index (χ0v) is 13.3. The standard InChI is InChI=1S/C19H25NO2/c1-15-7-2-5-10-18(15)22-12-6-11-19(21)20-13-16-8-3-4-9-17(16)14-20/h2-5,7,10,16-17H,6,8-9,11-14H2,1H3. The third-order valence-corrected chi connectivity index (χ3v) is 4.86. The maximum Gasteiger partial charge on any atom is 0.222 e. The largest absolute Gasteiger partial charge is 0.493 e. The summed E-state index contributed by atoms with van der Waals surface area (Å²) < 4.78 is 5.76. The van der Waals surface area contributed by atoms with Gasteiger partial charge in [0.2, 0.25) is 5.91 Å². The average Bonchev–Trinajstić information content (AvgIpc) is 2.97. The first-order valence-corrected chi connectivity index (χ1v) is 8.35. The van der Waals surface area contributed by atoms with E-state index in [0.29, 0.717) is 30.8 Å². The van der Waals surface area contributed by atoms with E-state index >= 15 is 0 Å². The van der Waals surface area contributed by atoms with Gasteiger partial charge >= 0.3 is 0 Å². The molecule has 0 radical (unpaired) electrons. The van der Waals surface area contributed by atoms with E-state index in [1.165, 1.54) is 0 Å². The fraction of sp³-hybridized carbons (Fsp3) is 0.526. The number of carbonyl (C=O) groups is 1. The number of amides is 1. The minimum absolute atomic E-state index is 0.294. The zero-order valence-electron chi connectivity index (χ0n) is 13.3. The number of para-hydroxylation sites is 1. The maximum absolute atomic E-state index is 12.3. The van der Waals surface area contributed by atoms with E-state index in [0.717, 1.165) is 43.7 Å². The van der Waals surface area contributed by atoms with Crippen LogP contribution in [0.5, 0.6) is 5.75 Å². The van der Waals surface area contributed by atoms with Crippen molar-refractivity contribution in [2.24, 2.45) is 11.8 Å². The van der Waals surface area contributed by atoms with Crippen LogP contribution in [0.2, 0.25) is 0 Å². The Kier molecular flexibility index (Phi) is 4.81. The van der Waals surface area contributed by atoms with Gasteiger partial charge in [-0.2, -0.15) is 0 Å². The predicted molar refractivity (Wildman–Crippen MR) is 87.8 cm³/mol. The summed E-state index contributed by atoms with van der Waals surface area (Å²) in [6.45, 7) is 4.55. The SMILES string of the molecule is Cc1ccccc1OCCCC(=O)N1CC2CC=CCC2C1. The second-order valence-corrected chi connectivity index (χ2v) is 6.48. The van der Waals surface area contributed by atoms with Crippen molar-refractivity contribution in [2.75, 3.05) is 19.7 Å². The molecule has 1 fully saturated rings. The first-order chi connectivity index (χ1) is 10.7. The van der Waals surface area contributed by atoms with Gasteiger partial charge in [-0.05, 0) is 49.7 Å². The van der Waals surface area contributed by atoms with Crippen molar-refractivity contribution >= 4 is 5.91 Å². The molecule has 1 amide bonds. The Morgan fingerprint density at radius 1 is 1.18 bits per heavy atom. The average molecular weight is 299 g/mol. The lowest BCUT2D eigenvalue weighted by Crippen LogP contribution is -2.29. The molecule has 0 aromatic heterocycles. The summed E-state index contributed by atoms with van der Waals surface area (Å²) >= 11 is 0. The summed E-state index contributed by atoms with van der Waals surface area (Å²) in [6, 6.07) is 8.01. The molecule has 1 aromatic carbocycles. The Labute approximate surface area is 133 Å². The summed E-state index contributed by atoms with van der Waals surface area (Å²) in [4.78, 5) is 14.4. The Hall–Kier alpha value is -1.77. The lowest BCUT2D eigenvalue weighted by atomic mass is 9.86. The van der Waals surface area contributed by atoms with Gasteiger partial charge in [-0.1, -0.05) is 30.4 Å². The van der Waals surface area contributed by atoms with Gasteiger partial charge in [-0.3, -0.25) is 4.79 Å². The highest BCUT2D eigenvalue weighted by atomic mass is 16.5. The molecule has 2 unspecified atom stereocenters.